The molecule has 0 aliphatic heterocycles. The number of nitrogens with one attached hydrogen (secondary N) is 1. The molecule has 0 heterocycles. The topological polar surface area (TPSA) is 117 Å². The highest BCUT2D eigenvalue weighted by atomic mass is 35.5. The number of carboxylic acid groups (broad SMARTS) is 1. The van der Waals surface area contributed by atoms with Gasteiger partial charge in [0.25, 0.3) is 0 Å². The molecule has 0 unspecified atom stereocenters. The highest BCUT2D eigenvalue weighted by Crippen LogP contribution is 2.61. The Morgan fingerprint density at radius 2 is 2.03 bits per heavy atom. The minimum absolute atomic E-state index is 0.210. The van der Waals surface area contributed by atoms with E-state index in [0.717, 1.165) is 68.5 Å². The van der Waals surface area contributed by atoms with Crippen molar-refractivity contribution in [3.05, 3.63) is 21.8 Å². The van der Waals surface area contributed by atoms with Gasteiger partial charge in [0.2, 0.25) is 0 Å². The molecular formula is C25H35ClN4O3. The minimum Gasteiger partial charge on any atom is -0.481 e. The molecule has 0 spiro atoms. The van der Waals surface area contributed by atoms with Gasteiger partial charge >= 0.3 is 5.97 Å². The van der Waals surface area contributed by atoms with Gasteiger partial charge in [-0.3, -0.25) is 15.0 Å². The fraction of sp³-hybridized carbons (Fsp3) is 0.680. The normalized spacial score (nSPS) is 32.8. The summed E-state index contributed by atoms with van der Waals surface area (Å²) in [5.74, 6) is 6.13. The van der Waals surface area contributed by atoms with Gasteiger partial charge in [0.05, 0.1) is 10.7 Å². The summed E-state index contributed by atoms with van der Waals surface area (Å²) in [5.41, 5.74) is 7.57. The summed E-state index contributed by atoms with van der Waals surface area (Å²) < 4.78 is 0. The van der Waals surface area contributed by atoms with Gasteiger partial charge < -0.3 is 10.9 Å². The first-order valence-corrected chi connectivity index (χ1v) is 12.7. The van der Waals surface area contributed by atoms with Crippen molar-refractivity contribution < 1.29 is 14.7 Å². The average molecular weight is 475 g/mol. The molecule has 0 amide bonds. The van der Waals surface area contributed by atoms with E-state index >= 15 is 0 Å². The lowest BCUT2D eigenvalue weighted by atomic mass is 9.53. The molecule has 4 N–H and O–H groups in total. The molecule has 33 heavy (non-hydrogen) atoms. The summed E-state index contributed by atoms with van der Waals surface area (Å²) in [6.07, 6.45) is 11.5. The molecule has 0 radical (unpaired) electrons. The molecule has 2 fully saturated rings. The molecule has 7 nitrogen and oxygen atoms in total. The number of hydrogen-bond donors (Lipinski definition) is 3. The summed E-state index contributed by atoms with van der Waals surface area (Å²) in [6.45, 7) is 2.21. The third-order valence-corrected chi connectivity index (χ3v) is 8.90. The van der Waals surface area contributed by atoms with Crippen molar-refractivity contribution in [1.29, 1.82) is 0 Å². The third kappa shape index (κ3) is 4.61. The minimum atomic E-state index is -0.729. The molecule has 2 saturated carbocycles. The summed E-state index contributed by atoms with van der Waals surface area (Å²) in [5, 5.41) is 17.5. The summed E-state index contributed by atoms with van der Waals surface area (Å²) >= 11 is 6.84. The Kier molecular flexibility index (Phi) is 7.27. The highest BCUT2D eigenvalue weighted by molar-refractivity contribution is 6.44. The number of nitrogens with zero attached hydrogens (tertiary/aromatic N) is 2. The number of carbonyl (C=O) groups excluding carboxylic acids is 1. The van der Waals surface area contributed by atoms with Gasteiger partial charge in [0.15, 0.2) is 0 Å². The van der Waals surface area contributed by atoms with Gasteiger partial charge in [-0.25, -0.2) is 0 Å². The zero-order chi connectivity index (χ0) is 23.6. The zero-order valence-corrected chi connectivity index (χ0v) is 20.2. The van der Waals surface area contributed by atoms with Crippen molar-refractivity contribution in [2.24, 2.45) is 39.2 Å². The van der Waals surface area contributed by atoms with Gasteiger partial charge in [0, 0.05) is 18.3 Å². The molecule has 4 aliphatic carbocycles. The Morgan fingerprint density at radius 1 is 1.21 bits per heavy atom. The molecule has 8 heteroatoms. The quantitative estimate of drug-likeness (QED) is 0.152. The lowest BCUT2D eigenvalue weighted by molar-refractivity contribution is -0.137. The molecule has 0 bridgehead atoms. The van der Waals surface area contributed by atoms with Crippen LogP contribution < -0.4 is 11.3 Å². The second-order valence-corrected chi connectivity index (χ2v) is 10.6. The van der Waals surface area contributed by atoms with Crippen LogP contribution in [0, 0.1) is 23.2 Å². The maximum Gasteiger partial charge on any atom is 0.303 e. The Balaban J connectivity index is 1.64. The van der Waals surface area contributed by atoms with Gasteiger partial charge in [-0.2, -0.15) is 10.2 Å². The van der Waals surface area contributed by atoms with Crippen LogP contribution in [0.5, 0.6) is 0 Å². The van der Waals surface area contributed by atoms with Gasteiger partial charge in [-0.15, -0.1) is 0 Å². The van der Waals surface area contributed by atoms with Crippen LogP contribution in [-0.2, 0) is 9.59 Å². The number of hydrazone groups is 2. The van der Waals surface area contributed by atoms with Crippen LogP contribution >= 0.6 is 11.6 Å². The number of aliphatic carboxylic acids is 1. The first-order valence-electron chi connectivity index (χ1n) is 12.3. The Labute approximate surface area is 200 Å². The maximum absolute atomic E-state index is 13.0. The van der Waals surface area contributed by atoms with Crippen molar-refractivity contribution in [2.45, 2.75) is 84.0 Å². The molecule has 4 rings (SSSR count). The molecule has 4 atom stereocenters. The number of Topliss-reactive ketones (excluding diaryl/α,β-unsaturated/α-hetero) is 1. The van der Waals surface area contributed by atoms with Gasteiger partial charge in [0.1, 0.15) is 12.1 Å². The fourth-order valence-electron chi connectivity index (χ4n) is 7.01. The van der Waals surface area contributed by atoms with Gasteiger partial charge in [-0.05, 0) is 80.3 Å². The molecule has 180 valence electrons. The number of unbranched alkanes of at least 4 members (excludes halogenated alkanes) is 2. The number of halogens is 1. The summed E-state index contributed by atoms with van der Waals surface area (Å²) in [7, 11) is 0. The summed E-state index contributed by atoms with van der Waals surface area (Å²) in [6, 6.07) is 0. The highest BCUT2D eigenvalue weighted by Gasteiger charge is 2.56. The second-order valence-electron chi connectivity index (χ2n) is 10.2. The Hall–Kier alpha value is -2.15. The van der Waals surface area contributed by atoms with Crippen molar-refractivity contribution in [1.82, 2.24) is 5.43 Å². The molecule has 4 aliphatic rings. The van der Waals surface area contributed by atoms with E-state index in [0.29, 0.717) is 36.4 Å². The maximum atomic E-state index is 13.0. The predicted molar refractivity (Wildman–Crippen MR) is 130 cm³/mol. The Bertz CT molecular complexity index is 938. The number of carboxylic acids is 1. The first-order chi connectivity index (χ1) is 15.9. The van der Waals surface area contributed by atoms with E-state index < -0.39 is 5.97 Å². The predicted octanol–water partition coefficient (Wildman–Crippen LogP) is 4.87. The van der Waals surface area contributed by atoms with E-state index in [9.17, 15) is 9.59 Å². The number of allylic oxidation sites excluding steroid dienone is 4. The zero-order valence-electron chi connectivity index (χ0n) is 19.4. The number of carbonyl (C=O) groups is 2. The first kappa shape index (κ1) is 24.0. The van der Waals surface area contributed by atoms with Gasteiger partial charge in [-0.1, -0.05) is 36.9 Å². The Morgan fingerprint density at radius 3 is 2.79 bits per heavy atom. The van der Waals surface area contributed by atoms with E-state index in [-0.39, 0.29) is 11.8 Å². The van der Waals surface area contributed by atoms with Crippen LogP contribution in [0.1, 0.15) is 84.0 Å². The molecular weight excluding hydrogens is 440 g/mol. The van der Waals surface area contributed by atoms with E-state index in [4.69, 9.17) is 22.6 Å². The summed E-state index contributed by atoms with van der Waals surface area (Å²) in [4.78, 5) is 23.8. The lowest BCUT2D eigenvalue weighted by Crippen LogP contribution is -2.44. The van der Waals surface area contributed by atoms with E-state index in [1.165, 1.54) is 17.5 Å². The van der Waals surface area contributed by atoms with Crippen LogP contribution in [0.2, 0.25) is 0 Å². The lowest BCUT2D eigenvalue weighted by Gasteiger charge is -2.50. The average Bonchev–Trinajstić information content (AvgIpc) is 3.08. The smallest absolute Gasteiger partial charge is 0.303 e. The number of nitrogens with two attached hydrogens (primary N) is 1. The molecule has 0 aromatic carbocycles. The van der Waals surface area contributed by atoms with E-state index in [1.807, 2.05) is 0 Å². The van der Waals surface area contributed by atoms with Crippen LogP contribution in [-0.4, -0.2) is 28.9 Å². The fourth-order valence-corrected chi connectivity index (χ4v) is 7.36. The molecule has 0 aromatic rings. The number of fused-ring (bicyclic) bond motifs is 4. The molecule has 0 saturated heterocycles. The van der Waals surface area contributed by atoms with Crippen molar-refractivity contribution >= 4 is 35.4 Å². The van der Waals surface area contributed by atoms with Crippen molar-refractivity contribution in [3.63, 3.8) is 0 Å². The number of hydrogen-bond acceptors (Lipinski definition) is 5. The largest absolute Gasteiger partial charge is 0.481 e. The van der Waals surface area contributed by atoms with E-state index in [1.54, 1.807) is 5.57 Å². The SMILES string of the molecule is C[C@]12C[C@H](CCCCCC(=O)O)C3=C4CCC(=NNC=NN)C(Cl)=C4CC[C@H]3[C@@H]1CCC2=O. The monoisotopic (exact) mass is 474 g/mol. The van der Waals surface area contributed by atoms with Crippen molar-refractivity contribution in [3.8, 4) is 0 Å². The van der Waals surface area contributed by atoms with Crippen LogP contribution in [0.3, 0.4) is 0 Å². The molecule has 0 aromatic heterocycles. The number of ketones is 1. The van der Waals surface area contributed by atoms with Crippen molar-refractivity contribution in [2.75, 3.05) is 0 Å². The third-order valence-electron chi connectivity index (χ3n) is 8.46. The van der Waals surface area contributed by atoms with Crippen LogP contribution in [0.4, 0.5) is 0 Å². The standard InChI is InChI=1S/C25H35ClN4O3/c1-25-13-15(5-3-2-4-6-22(32)33)23-16-9-11-20(30-29-14-28-27)24(26)17(16)7-8-18(23)19(25)10-12-21(25)31/h14-15,18-19H,2-13,27H2,1H3,(H,28,29)(H,32,33)/t15-,18-,19-,25-/m0/s1. The van der Waals surface area contributed by atoms with Crippen LogP contribution in [0.25, 0.3) is 0 Å². The second kappa shape index (κ2) is 10.00. The van der Waals surface area contributed by atoms with E-state index in [2.05, 4.69) is 22.6 Å². The number of rotatable bonds is 8. The van der Waals surface area contributed by atoms with Crippen LogP contribution in [0.15, 0.2) is 32.0 Å².